The third-order valence-corrected chi connectivity index (χ3v) is 4.37. The molecule has 0 N–H and O–H groups in total. The summed E-state index contributed by atoms with van der Waals surface area (Å²) in [6, 6.07) is 0. The van der Waals surface area contributed by atoms with E-state index in [-0.39, 0.29) is 0 Å². The summed E-state index contributed by atoms with van der Waals surface area (Å²) in [5.74, 6) is 2.63. The maximum atomic E-state index is 5.25. The van der Waals surface area contributed by atoms with Crippen molar-refractivity contribution in [3.8, 4) is 0 Å². The van der Waals surface area contributed by atoms with Crippen LogP contribution in [-0.2, 0) is 10.8 Å². The molecule has 0 saturated heterocycles. The van der Waals surface area contributed by atoms with Gasteiger partial charge in [0.15, 0.2) is 0 Å². The Morgan fingerprint density at radius 3 is 2.55 bits per heavy atom. The molecule has 20 heavy (non-hydrogen) atoms. The molecule has 0 aliphatic rings. The first kappa shape index (κ1) is 13.1. The normalized spacial score (nSPS) is 11.3. The Morgan fingerprint density at radius 1 is 0.950 bits per heavy atom. The van der Waals surface area contributed by atoms with Crippen molar-refractivity contribution in [2.24, 2.45) is 0 Å². The van der Waals surface area contributed by atoms with Crippen molar-refractivity contribution in [3.05, 3.63) is 33.2 Å². The molecule has 0 amide bonds. The predicted octanol–water partition coefficient (Wildman–Crippen LogP) is -2.50. The number of aryl methyl sites for hydroxylation is 2. The summed E-state index contributed by atoms with van der Waals surface area (Å²) in [4.78, 5) is 8.43. The van der Waals surface area contributed by atoms with E-state index in [1.807, 2.05) is 0 Å². The number of alkyl halides is 1. The Kier molecular flexibility index (Phi) is 3.71. The van der Waals surface area contributed by atoms with Gasteiger partial charge in [0, 0.05) is 0 Å². The SMILES string of the molecule is Cc1nc([I-]Cc2noc(Cc3nnc(C)o3)n2)no1. The number of rotatable bonds is 5. The number of hydrogen-bond donors (Lipinski definition) is 0. The van der Waals surface area contributed by atoms with E-state index in [9.17, 15) is 0 Å². The van der Waals surface area contributed by atoms with Gasteiger partial charge in [-0.2, -0.15) is 0 Å². The summed E-state index contributed by atoms with van der Waals surface area (Å²) in [6.45, 7) is 3.49. The summed E-state index contributed by atoms with van der Waals surface area (Å²) >= 11 is -0.426. The van der Waals surface area contributed by atoms with Gasteiger partial charge in [0.1, 0.15) is 0 Å². The van der Waals surface area contributed by atoms with Crippen molar-refractivity contribution in [2.45, 2.75) is 24.7 Å². The van der Waals surface area contributed by atoms with Crippen molar-refractivity contribution in [1.82, 2.24) is 30.5 Å². The van der Waals surface area contributed by atoms with Crippen LogP contribution < -0.4 is 21.2 Å². The number of nitrogens with zero attached hydrogens (tertiary/aromatic N) is 6. The topological polar surface area (TPSA) is 117 Å². The summed E-state index contributed by atoms with van der Waals surface area (Å²) < 4.78 is 16.7. The van der Waals surface area contributed by atoms with Crippen molar-refractivity contribution in [1.29, 1.82) is 0 Å². The molecule has 0 aliphatic heterocycles. The monoisotopic (exact) mass is 389 g/mol. The van der Waals surface area contributed by atoms with Crippen LogP contribution in [0.4, 0.5) is 0 Å². The molecule has 0 saturated carbocycles. The summed E-state index contributed by atoms with van der Waals surface area (Å²) in [6.07, 6.45) is 0.341. The van der Waals surface area contributed by atoms with Gasteiger partial charge in [-0.1, -0.05) is 0 Å². The molecule has 0 spiro atoms. The third-order valence-electron chi connectivity index (χ3n) is 2.19. The maximum absolute atomic E-state index is 5.25. The summed E-state index contributed by atoms with van der Waals surface area (Å²) in [5.41, 5.74) is 0. The Labute approximate surface area is 123 Å². The molecule has 0 aromatic carbocycles. The van der Waals surface area contributed by atoms with Crippen LogP contribution >= 0.6 is 0 Å². The minimum atomic E-state index is -0.426. The molecule has 0 unspecified atom stereocenters. The second-order valence-electron chi connectivity index (χ2n) is 3.85. The minimum absolute atomic E-state index is 0.341. The Balaban J connectivity index is 1.59. The molecule has 106 valence electrons. The molecule has 0 atom stereocenters. The van der Waals surface area contributed by atoms with E-state index in [4.69, 9.17) is 13.5 Å². The number of aromatic nitrogens is 6. The fourth-order valence-electron chi connectivity index (χ4n) is 1.40. The van der Waals surface area contributed by atoms with Crippen LogP contribution in [-0.4, -0.2) is 30.5 Å². The van der Waals surface area contributed by atoms with Crippen LogP contribution in [0.25, 0.3) is 0 Å². The van der Waals surface area contributed by atoms with Gasteiger partial charge in [-0.15, -0.1) is 0 Å². The van der Waals surface area contributed by atoms with E-state index < -0.39 is 21.2 Å². The van der Waals surface area contributed by atoms with E-state index in [0.29, 0.717) is 40.2 Å². The van der Waals surface area contributed by atoms with E-state index in [0.717, 1.165) is 3.83 Å². The zero-order valence-corrected chi connectivity index (χ0v) is 12.9. The van der Waals surface area contributed by atoms with Gasteiger partial charge < -0.3 is 0 Å². The summed E-state index contributed by atoms with van der Waals surface area (Å²) in [5, 5.41) is 15.4. The Morgan fingerprint density at radius 2 is 1.85 bits per heavy atom. The van der Waals surface area contributed by atoms with Crippen LogP contribution in [0.3, 0.4) is 0 Å². The van der Waals surface area contributed by atoms with E-state index in [2.05, 4.69) is 30.5 Å². The van der Waals surface area contributed by atoms with E-state index in [1.54, 1.807) is 13.8 Å². The molecular formula is C10H10IN6O3-. The quantitative estimate of drug-likeness (QED) is 0.345. The van der Waals surface area contributed by atoms with E-state index in [1.165, 1.54) is 0 Å². The van der Waals surface area contributed by atoms with Crippen LogP contribution in [0.15, 0.2) is 13.5 Å². The average Bonchev–Trinajstić information content (AvgIpc) is 3.11. The third kappa shape index (κ3) is 3.18. The van der Waals surface area contributed by atoms with Gasteiger partial charge in [-0.3, -0.25) is 0 Å². The van der Waals surface area contributed by atoms with Crippen LogP contribution in [0.2, 0.25) is 0 Å². The van der Waals surface area contributed by atoms with Gasteiger partial charge in [0.05, 0.1) is 0 Å². The molecule has 0 aliphatic carbocycles. The van der Waals surface area contributed by atoms with Crippen molar-refractivity contribution < 1.29 is 34.7 Å². The van der Waals surface area contributed by atoms with Gasteiger partial charge in [0.2, 0.25) is 0 Å². The molecule has 3 aromatic heterocycles. The second-order valence-corrected chi connectivity index (χ2v) is 6.34. The first-order valence-electron chi connectivity index (χ1n) is 5.69. The Hall–Kier alpha value is -1.85. The van der Waals surface area contributed by atoms with Gasteiger partial charge in [-0.25, -0.2) is 0 Å². The van der Waals surface area contributed by atoms with Crippen LogP contribution in [0, 0.1) is 17.7 Å². The molecule has 0 bridgehead atoms. The van der Waals surface area contributed by atoms with Crippen molar-refractivity contribution in [2.75, 3.05) is 0 Å². The first-order valence-corrected chi connectivity index (χ1v) is 8.29. The standard InChI is InChI=1S/C10H10IN6O3/c1-5-12-10(17-19-5)11-4-7-13-8(20-16-7)3-9-15-14-6(2)18-9/h3-4H2,1-2H3/q-1. The van der Waals surface area contributed by atoms with E-state index >= 15 is 0 Å². The zero-order valence-electron chi connectivity index (χ0n) is 10.7. The van der Waals surface area contributed by atoms with Crippen LogP contribution in [0.1, 0.15) is 29.4 Å². The molecule has 0 radical (unpaired) electrons. The molecule has 3 heterocycles. The molecule has 9 nitrogen and oxygen atoms in total. The molecule has 3 aromatic rings. The molecular weight excluding hydrogens is 379 g/mol. The average molecular weight is 389 g/mol. The molecule has 3 rings (SSSR count). The molecule has 0 fully saturated rings. The van der Waals surface area contributed by atoms with Gasteiger partial charge in [-0.05, 0) is 0 Å². The molecule has 10 heteroatoms. The Bertz CT molecular complexity index is 705. The fraction of sp³-hybridized carbons (Fsp3) is 0.400. The predicted molar refractivity (Wildman–Crippen MR) is 57.6 cm³/mol. The number of halogens is 1. The van der Waals surface area contributed by atoms with Crippen molar-refractivity contribution in [3.63, 3.8) is 0 Å². The first-order chi connectivity index (χ1) is 9.69. The summed E-state index contributed by atoms with van der Waals surface area (Å²) in [7, 11) is 0. The van der Waals surface area contributed by atoms with Crippen LogP contribution in [0.5, 0.6) is 0 Å². The van der Waals surface area contributed by atoms with Gasteiger partial charge >= 0.3 is 123 Å². The fourth-order valence-corrected chi connectivity index (χ4v) is 3.14. The van der Waals surface area contributed by atoms with Crippen molar-refractivity contribution >= 4 is 0 Å². The zero-order chi connectivity index (χ0) is 13.9. The second kappa shape index (κ2) is 5.64. The number of hydrogen-bond acceptors (Lipinski definition) is 9. The van der Waals surface area contributed by atoms with Gasteiger partial charge in [0.25, 0.3) is 0 Å².